The Morgan fingerprint density at radius 3 is 2.73 bits per heavy atom. The van der Waals surface area contributed by atoms with Crippen LogP contribution < -0.4 is 11.1 Å². The van der Waals surface area contributed by atoms with E-state index in [0.29, 0.717) is 46.9 Å². The fourth-order valence-electron chi connectivity index (χ4n) is 5.99. The first-order chi connectivity index (χ1) is 22.0. The summed E-state index contributed by atoms with van der Waals surface area (Å²) >= 11 is 0. The highest BCUT2D eigenvalue weighted by atomic mass is 16.3. The number of nitrogens with two attached hydrogens (primary N) is 1. The molecule has 0 saturated carbocycles. The van der Waals surface area contributed by atoms with Crippen LogP contribution in [-0.2, 0) is 6.42 Å². The number of nitrogens with zero attached hydrogens (tertiary/aromatic N) is 8. The van der Waals surface area contributed by atoms with Crippen molar-refractivity contribution in [1.29, 1.82) is 0 Å². The lowest BCUT2D eigenvalue weighted by Crippen LogP contribution is -2.29. The summed E-state index contributed by atoms with van der Waals surface area (Å²) in [4.78, 5) is 43.2. The van der Waals surface area contributed by atoms with Crippen LogP contribution in [0.4, 0.5) is 5.82 Å². The van der Waals surface area contributed by atoms with E-state index < -0.39 is 0 Å². The fraction of sp³-hybridized carbons (Fsp3) is 0.0938. The number of aryl methyl sites for hydroxylation is 1. The zero-order valence-electron chi connectivity index (χ0n) is 23.6. The van der Waals surface area contributed by atoms with Gasteiger partial charge in [0.25, 0.3) is 5.91 Å². The van der Waals surface area contributed by atoms with Crippen molar-refractivity contribution in [3.63, 3.8) is 0 Å². The molecule has 8 rings (SSSR count). The van der Waals surface area contributed by atoms with Crippen molar-refractivity contribution in [2.45, 2.75) is 18.9 Å². The third-order valence-corrected chi connectivity index (χ3v) is 8.11. The average molecular weight is 597 g/mol. The van der Waals surface area contributed by atoms with Gasteiger partial charge in [-0.1, -0.05) is 6.07 Å². The summed E-state index contributed by atoms with van der Waals surface area (Å²) in [7, 11) is 0. The van der Waals surface area contributed by atoms with Gasteiger partial charge in [0.15, 0.2) is 35.0 Å². The van der Waals surface area contributed by atoms with E-state index in [1.54, 1.807) is 23.3 Å². The number of hydrogen-bond acceptors (Lipinski definition) is 9. The van der Waals surface area contributed by atoms with Crippen LogP contribution >= 0.6 is 0 Å². The van der Waals surface area contributed by atoms with Crippen molar-refractivity contribution in [3.8, 4) is 28.6 Å². The lowest BCUT2D eigenvalue weighted by molar-refractivity contribution is 0.0930. The summed E-state index contributed by atoms with van der Waals surface area (Å²) in [5, 5.41) is 17.8. The second-order valence-corrected chi connectivity index (χ2v) is 10.7. The number of nitrogens with one attached hydrogen (secondary N) is 1. The third-order valence-electron chi connectivity index (χ3n) is 8.11. The van der Waals surface area contributed by atoms with Crippen molar-refractivity contribution in [1.82, 2.24) is 44.0 Å². The molecule has 1 aromatic carbocycles. The number of amides is 1. The number of pyridine rings is 3. The minimum Gasteiger partial charge on any atom is -0.504 e. The van der Waals surface area contributed by atoms with E-state index in [1.165, 1.54) is 16.7 Å². The summed E-state index contributed by atoms with van der Waals surface area (Å²) < 4.78 is 5.13. The number of imidazole rings is 2. The Morgan fingerprint density at radius 1 is 1.00 bits per heavy atom. The van der Waals surface area contributed by atoms with Gasteiger partial charge in [0.1, 0.15) is 17.0 Å². The second-order valence-electron chi connectivity index (χ2n) is 10.7. The zero-order chi connectivity index (χ0) is 30.7. The van der Waals surface area contributed by atoms with Crippen LogP contribution in [0.3, 0.4) is 0 Å². The van der Waals surface area contributed by atoms with Crippen LogP contribution in [0, 0.1) is 0 Å². The minimum absolute atomic E-state index is 0.00254. The lowest BCUT2D eigenvalue weighted by Gasteiger charge is -2.17. The number of carbonyl (C=O) groups excluding carboxylic acids is 2. The van der Waals surface area contributed by atoms with Crippen LogP contribution in [0.5, 0.6) is 5.75 Å². The molecule has 0 bridgehead atoms. The van der Waals surface area contributed by atoms with Crippen LogP contribution in [0.2, 0.25) is 0 Å². The van der Waals surface area contributed by atoms with E-state index in [1.807, 2.05) is 53.2 Å². The van der Waals surface area contributed by atoms with Crippen molar-refractivity contribution < 1.29 is 14.7 Å². The number of aldehydes is 1. The lowest BCUT2D eigenvalue weighted by atomic mass is 10.1. The van der Waals surface area contributed by atoms with Crippen LogP contribution in [-0.4, -0.2) is 56.0 Å². The maximum atomic E-state index is 13.5. The SMILES string of the molecule is Nc1ncccc1-c1nc2ccc(-n3cccn3)nc2n1-c1ccc2c(c1)CC[C@@H]2NC(=O)c1cc(C=O)c(O)c2nccn12. The number of rotatable bonds is 6. The van der Waals surface area contributed by atoms with Gasteiger partial charge in [-0.15, -0.1) is 0 Å². The molecule has 1 amide bonds. The van der Waals surface area contributed by atoms with E-state index >= 15 is 0 Å². The molecular formula is C32H24N10O3. The van der Waals surface area contributed by atoms with Gasteiger partial charge in [-0.3, -0.25) is 18.6 Å². The Kier molecular flexibility index (Phi) is 5.91. The maximum absolute atomic E-state index is 13.5. The molecule has 0 spiro atoms. The van der Waals surface area contributed by atoms with Crippen LogP contribution in [0.25, 0.3) is 39.7 Å². The van der Waals surface area contributed by atoms with Crippen molar-refractivity contribution in [2.75, 3.05) is 5.73 Å². The van der Waals surface area contributed by atoms with E-state index in [9.17, 15) is 14.7 Å². The van der Waals surface area contributed by atoms with E-state index in [-0.39, 0.29) is 34.6 Å². The first-order valence-electron chi connectivity index (χ1n) is 14.2. The van der Waals surface area contributed by atoms with Crippen LogP contribution in [0.15, 0.2) is 85.6 Å². The molecule has 220 valence electrons. The number of fused-ring (bicyclic) bond motifs is 3. The molecule has 1 aliphatic carbocycles. The molecule has 0 aliphatic heterocycles. The molecular weight excluding hydrogens is 572 g/mol. The zero-order valence-corrected chi connectivity index (χ0v) is 23.6. The van der Waals surface area contributed by atoms with Crippen molar-refractivity contribution >= 4 is 34.8 Å². The summed E-state index contributed by atoms with van der Waals surface area (Å²) in [6.07, 6.45) is 10.1. The molecule has 1 aliphatic rings. The molecule has 0 unspecified atom stereocenters. The largest absolute Gasteiger partial charge is 0.504 e. The molecule has 45 heavy (non-hydrogen) atoms. The van der Waals surface area contributed by atoms with Gasteiger partial charge in [-0.05, 0) is 72.5 Å². The number of carbonyl (C=O) groups is 2. The number of aromatic nitrogens is 8. The molecule has 6 heterocycles. The molecule has 0 radical (unpaired) electrons. The van der Waals surface area contributed by atoms with E-state index in [0.717, 1.165) is 23.2 Å². The molecule has 6 aromatic heterocycles. The average Bonchev–Trinajstić information content (AvgIpc) is 3.87. The van der Waals surface area contributed by atoms with Gasteiger partial charge in [0, 0.05) is 36.7 Å². The summed E-state index contributed by atoms with van der Waals surface area (Å²) in [6.45, 7) is 0. The van der Waals surface area contributed by atoms with Crippen molar-refractivity contribution in [3.05, 3.63) is 108 Å². The number of nitrogen functional groups attached to an aromatic ring is 1. The molecule has 1 atom stereocenters. The molecule has 13 nitrogen and oxygen atoms in total. The number of hydrogen-bond donors (Lipinski definition) is 3. The summed E-state index contributed by atoms with van der Waals surface area (Å²) in [5.74, 6) is 0.946. The molecule has 4 N–H and O–H groups in total. The maximum Gasteiger partial charge on any atom is 0.268 e. The highest BCUT2D eigenvalue weighted by Crippen LogP contribution is 2.36. The summed E-state index contributed by atoms with van der Waals surface area (Å²) in [6, 6.07) is 16.5. The quantitative estimate of drug-likeness (QED) is 0.241. The number of anilines is 1. The highest BCUT2D eigenvalue weighted by molar-refractivity contribution is 5.97. The molecule has 0 fully saturated rings. The smallest absolute Gasteiger partial charge is 0.268 e. The molecule has 13 heteroatoms. The Labute approximate surface area is 254 Å². The predicted molar refractivity (Wildman–Crippen MR) is 164 cm³/mol. The first-order valence-corrected chi connectivity index (χ1v) is 14.2. The van der Waals surface area contributed by atoms with E-state index in [2.05, 4.69) is 26.4 Å². The van der Waals surface area contributed by atoms with Gasteiger partial charge in [0.2, 0.25) is 0 Å². The Hall–Kier alpha value is -6.37. The van der Waals surface area contributed by atoms with Gasteiger partial charge in [0.05, 0.1) is 17.2 Å². The van der Waals surface area contributed by atoms with Gasteiger partial charge in [-0.25, -0.2) is 24.6 Å². The topological polar surface area (TPSA) is 171 Å². The second kappa shape index (κ2) is 10.1. The van der Waals surface area contributed by atoms with Crippen molar-refractivity contribution in [2.24, 2.45) is 0 Å². The molecule has 0 saturated heterocycles. The van der Waals surface area contributed by atoms with E-state index in [4.69, 9.17) is 15.7 Å². The Morgan fingerprint density at radius 2 is 1.91 bits per heavy atom. The predicted octanol–water partition coefficient (Wildman–Crippen LogP) is 3.83. The Bertz CT molecular complexity index is 2290. The van der Waals surface area contributed by atoms with Gasteiger partial charge < -0.3 is 16.2 Å². The van der Waals surface area contributed by atoms with Gasteiger partial charge in [-0.2, -0.15) is 5.10 Å². The minimum atomic E-state index is -0.381. The third kappa shape index (κ3) is 4.20. The Balaban J connectivity index is 1.19. The normalized spacial score (nSPS) is 14.2. The standard InChI is InChI=1S/C32H24N10O3/c33-28-22(3-1-10-34-28)29-37-24-8-9-26(41-13-2-11-36-41)39-30(24)42(29)20-5-6-21-18(15-20)4-7-23(21)38-32(45)25-16-19(17-43)27(44)31-35-12-14-40(25)31/h1-3,5-6,8-17,23,44H,4,7H2,(H2,33,34)(H,38,45)/t23-/m0/s1. The first kappa shape index (κ1) is 26.3. The van der Waals surface area contributed by atoms with Crippen LogP contribution in [0.1, 0.15) is 44.4 Å². The fourth-order valence-corrected chi connectivity index (χ4v) is 5.99. The monoisotopic (exact) mass is 596 g/mol. The highest BCUT2D eigenvalue weighted by Gasteiger charge is 2.27. The number of aromatic hydroxyl groups is 1. The van der Waals surface area contributed by atoms with Gasteiger partial charge >= 0.3 is 0 Å². The molecule has 7 aromatic rings. The summed E-state index contributed by atoms with van der Waals surface area (Å²) in [5.41, 5.74) is 11.5. The number of benzene rings is 1.